The number of allylic oxidation sites excluding steroid dienone is 1. The molecule has 0 bridgehead atoms. The summed E-state index contributed by atoms with van der Waals surface area (Å²) in [6.45, 7) is 0. The van der Waals surface area contributed by atoms with Crippen LogP contribution in [0.25, 0.3) is 82.2 Å². The second kappa shape index (κ2) is 14.1. The van der Waals surface area contributed by atoms with Crippen molar-refractivity contribution in [1.29, 1.82) is 5.41 Å². The Balaban J connectivity index is 1.24. The van der Waals surface area contributed by atoms with Crippen LogP contribution < -0.4 is 0 Å². The van der Waals surface area contributed by atoms with Gasteiger partial charge in [0.1, 0.15) is 0 Å². The number of nitrogens with zero attached hydrogens (tertiary/aromatic N) is 1. The van der Waals surface area contributed by atoms with E-state index in [2.05, 4.69) is 176 Å². The topological polar surface area (TPSA) is 36.2 Å². The van der Waals surface area contributed by atoms with Gasteiger partial charge in [-0.2, -0.15) is 0 Å². The Hall–Kier alpha value is -7.42. The summed E-state index contributed by atoms with van der Waals surface area (Å²) >= 11 is 0. The first-order valence-corrected chi connectivity index (χ1v) is 19.1. The summed E-state index contributed by atoms with van der Waals surface area (Å²) < 4.78 is 0. The maximum Gasteiger partial charge on any atom is 0.152 e. The van der Waals surface area contributed by atoms with E-state index in [9.17, 15) is 0 Å². The van der Waals surface area contributed by atoms with E-state index in [4.69, 9.17) is 10.4 Å². The Labute approximate surface area is 325 Å². The van der Waals surface area contributed by atoms with Gasteiger partial charge in [-0.1, -0.05) is 200 Å². The highest BCUT2D eigenvalue weighted by atomic mass is 14.8. The first-order valence-electron chi connectivity index (χ1n) is 19.1. The van der Waals surface area contributed by atoms with Gasteiger partial charge in [0.05, 0.1) is 5.71 Å². The van der Waals surface area contributed by atoms with Crippen molar-refractivity contribution in [3.8, 4) is 22.3 Å². The smallest absolute Gasteiger partial charge is 0.152 e. The van der Waals surface area contributed by atoms with Crippen molar-refractivity contribution in [2.45, 2.75) is 0 Å². The molecule has 0 aliphatic carbocycles. The number of fused-ring (bicyclic) bond motifs is 6. The maximum atomic E-state index is 9.11. The van der Waals surface area contributed by atoms with Crippen molar-refractivity contribution >= 4 is 71.5 Å². The minimum absolute atomic E-state index is 0.216. The average Bonchev–Trinajstić information content (AvgIpc) is 3.27. The molecule has 1 N–H and O–H groups in total. The van der Waals surface area contributed by atoms with Crippen LogP contribution in [-0.4, -0.2) is 11.5 Å². The van der Waals surface area contributed by atoms with Crippen LogP contribution in [0.2, 0.25) is 0 Å². The standard InChI is InChI=1S/C54H36N2/c55-54(38-20-5-2-6-21-38)56-51(46-28-14-11-23-40(46)36-17-3-1-4-18-36)34-33-45-43-26-12-15-29-47(43)53(48-30-16-13-27-44(45)48)52-42-25-10-8-22-39(42)35-50-41-24-9-7-19-37(41)31-32-49(50)52/h1-35,55H/b34-33+,55-54?,56-51?. The second-order valence-corrected chi connectivity index (χ2v) is 14.2. The number of nitrogens with one attached hydrogen (secondary N) is 1. The molecule has 2 heteroatoms. The summed E-state index contributed by atoms with van der Waals surface area (Å²) in [5, 5.41) is 21.3. The van der Waals surface area contributed by atoms with Gasteiger partial charge in [0.25, 0.3) is 0 Å². The van der Waals surface area contributed by atoms with E-state index in [0.29, 0.717) is 0 Å². The monoisotopic (exact) mass is 712 g/mol. The molecule has 0 saturated carbocycles. The van der Waals surface area contributed by atoms with Gasteiger partial charge < -0.3 is 0 Å². The molecule has 0 saturated heterocycles. The van der Waals surface area contributed by atoms with Gasteiger partial charge in [0, 0.05) is 11.1 Å². The van der Waals surface area contributed by atoms with E-state index in [1.54, 1.807) is 0 Å². The third-order valence-electron chi connectivity index (χ3n) is 11.0. The lowest BCUT2D eigenvalue weighted by Crippen LogP contribution is -2.05. The van der Waals surface area contributed by atoms with E-state index >= 15 is 0 Å². The molecule has 10 rings (SSSR count). The van der Waals surface area contributed by atoms with E-state index in [-0.39, 0.29) is 5.84 Å². The predicted molar refractivity (Wildman–Crippen MR) is 240 cm³/mol. The molecule has 0 heterocycles. The molecule has 2 nitrogen and oxygen atoms in total. The Bertz CT molecular complexity index is 3130. The molecule has 0 atom stereocenters. The normalized spacial score (nSPS) is 12.0. The second-order valence-electron chi connectivity index (χ2n) is 14.2. The Morgan fingerprint density at radius 2 is 0.929 bits per heavy atom. The van der Waals surface area contributed by atoms with Crippen molar-refractivity contribution < 1.29 is 0 Å². The molecule has 56 heavy (non-hydrogen) atoms. The van der Waals surface area contributed by atoms with Gasteiger partial charge in [-0.15, -0.1) is 0 Å². The van der Waals surface area contributed by atoms with Gasteiger partial charge in [-0.05, 0) is 93.8 Å². The van der Waals surface area contributed by atoms with Gasteiger partial charge in [-0.25, -0.2) is 4.99 Å². The van der Waals surface area contributed by atoms with Crippen LogP contribution in [0.15, 0.2) is 211 Å². The Kier molecular flexibility index (Phi) is 8.35. The number of benzene rings is 10. The zero-order valence-electron chi connectivity index (χ0n) is 30.7. The number of amidine groups is 1. The average molecular weight is 713 g/mol. The third-order valence-corrected chi connectivity index (χ3v) is 11.0. The van der Waals surface area contributed by atoms with E-state index in [1.807, 2.05) is 36.4 Å². The highest BCUT2D eigenvalue weighted by Crippen LogP contribution is 2.46. The molecule has 0 spiro atoms. The molecule has 0 aromatic heterocycles. The molecule has 10 aromatic carbocycles. The van der Waals surface area contributed by atoms with Gasteiger partial charge >= 0.3 is 0 Å². The minimum Gasteiger partial charge on any atom is -0.282 e. The molecule has 0 aliphatic rings. The summed E-state index contributed by atoms with van der Waals surface area (Å²) in [7, 11) is 0. The van der Waals surface area contributed by atoms with Crippen LogP contribution in [0.3, 0.4) is 0 Å². The fraction of sp³-hybridized carbons (Fsp3) is 0. The van der Waals surface area contributed by atoms with E-state index in [0.717, 1.165) is 44.3 Å². The molecule has 0 amide bonds. The molecular weight excluding hydrogens is 677 g/mol. The lowest BCUT2D eigenvalue weighted by atomic mass is 9.83. The summed E-state index contributed by atoms with van der Waals surface area (Å²) in [6.07, 6.45) is 4.31. The molecule has 0 fully saturated rings. The van der Waals surface area contributed by atoms with Crippen LogP contribution in [0.1, 0.15) is 16.7 Å². The molecular formula is C54H36N2. The Morgan fingerprint density at radius 1 is 0.411 bits per heavy atom. The summed E-state index contributed by atoms with van der Waals surface area (Å²) in [6, 6.07) is 70.6. The summed E-state index contributed by atoms with van der Waals surface area (Å²) in [4.78, 5) is 5.05. The van der Waals surface area contributed by atoms with Crippen LogP contribution in [0, 0.1) is 5.41 Å². The SMILES string of the molecule is N=C(N=C(/C=C/c1c2ccccc2c(-c2c3ccccc3cc3c2ccc2ccccc23)c2ccccc12)c1ccccc1-c1ccccc1)c1ccccc1. The van der Waals surface area contributed by atoms with Gasteiger partial charge in [-0.3, -0.25) is 5.41 Å². The van der Waals surface area contributed by atoms with Crippen LogP contribution in [0.5, 0.6) is 0 Å². The zero-order chi connectivity index (χ0) is 37.4. The lowest BCUT2D eigenvalue weighted by molar-refractivity contribution is 1.41. The van der Waals surface area contributed by atoms with Crippen molar-refractivity contribution in [1.82, 2.24) is 0 Å². The Morgan fingerprint density at radius 3 is 1.64 bits per heavy atom. The minimum atomic E-state index is 0.216. The van der Waals surface area contributed by atoms with E-state index < -0.39 is 0 Å². The van der Waals surface area contributed by atoms with Crippen LogP contribution >= 0.6 is 0 Å². The van der Waals surface area contributed by atoms with Crippen LogP contribution in [0.4, 0.5) is 0 Å². The quantitative estimate of drug-likeness (QED) is 0.0771. The number of rotatable bonds is 6. The van der Waals surface area contributed by atoms with Gasteiger partial charge in [0.2, 0.25) is 0 Å². The molecule has 10 aromatic rings. The first-order chi connectivity index (χ1) is 27.7. The highest BCUT2D eigenvalue weighted by Gasteiger charge is 2.20. The largest absolute Gasteiger partial charge is 0.282 e. The van der Waals surface area contributed by atoms with Crippen molar-refractivity contribution in [3.63, 3.8) is 0 Å². The predicted octanol–water partition coefficient (Wildman–Crippen LogP) is 14.3. The first kappa shape index (κ1) is 33.2. The molecule has 262 valence electrons. The fourth-order valence-corrected chi connectivity index (χ4v) is 8.41. The number of hydrogen-bond donors (Lipinski definition) is 1. The van der Waals surface area contributed by atoms with Crippen molar-refractivity contribution in [3.05, 3.63) is 223 Å². The summed E-state index contributed by atoms with van der Waals surface area (Å²) in [5.41, 5.74) is 8.24. The summed E-state index contributed by atoms with van der Waals surface area (Å²) in [5.74, 6) is 0.216. The lowest BCUT2D eigenvalue weighted by Gasteiger charge is -2.20. The van der Waals surface area contributed by atoms with Crippen molar-refractivity contribution in [2.75, 3.05) is 0 Å². The van der Waals surface area contributed by atoms with Crippen LogP contribution in [-0.2, 0) is 0 Å². The number of hydrogen-bond acceptors (Lipinski definition) is 1. The molecule has 0 radical (unpaired) electrons. The molecule has 0 unspecified atom stereocenters. The molecule has 0 aliphatic heterocycles. The highest BCUT2D eigenvalue weighted by molar-refractivity contribution is 6.28. The van der Waals surface area contributed by atoms with Gasteiger partial charge in [0.15, 0.2) is 5.84 Å². The number of aliphatic imine (C=N–C) groups is 1. The fourth-order valence-electron chi connectivity index (χ4n) is 8.41. The van der Waals surface area contributed by atoms with Crippen molar-refractivity contribution in [2.24, 2.45) is 4.99 Å². The maximum absolute atomic E-state index is 9.11. The third kappa shape index (κ3) is 5.76. The van der Waals surface area contributed by atoms with E-state index in [1.165, 1.54) is 54.2 Å². The zero-order valence-corrected chi connectivity index (χ0v) is 30.7.